The van der Waals surface area contributed by atoms with Gasteiger partial charge in [-0.1, -0.05) is 15.9 Å². The molecule has 106 valence electrons. The topological polar surface area (TPSA) is 35.5 Å². The van der Waals surface area contributed by atoms with Gasteiger partial charge in [0.25, 0.3) is 0 Å². The van der Waals surface area contributed by atoms with Crippen LogP contribution in [0.4, 0.5) is 0 Å². The monoisotopic (exact) mass is 344 g/mol. The molecule has 0 saturated carbocycles. The maximum atomic E-state index is 12.8. The number of carbonyl (C=O) groups is 1. The zero-order chi connectivity index (χ0) is 14.4. The predicted molar refractivity (Wildman–Crippen MR) is 82.4 cm³/mol. The first-order chi connectivity index (χ1) is 10.2. The average Bonchev–Trinajstić information content (AvgIpc) is 3.12. The summed E-state index contributed by atoms with van der Waals surface area (Å²) in [4.78, 5) is 12.8. The van der Waals surface area contributed by atoms with Crippen molar-refractivity contribution in [3.8, 4) is 11.5 Å². The molecule has 0 unspecified atom stereocenters. The van der Waals surface area contributed by atoms with E-state index in [0.717, 1.165) is 39.9 Å². The highest BCUT2D eigenvalue weighted by Crippen LogP contribution is 2.35. The first-order valence-electron chi connectivity index (χ1n) is 6.98. The Morgan fingerprint density at radius 2 is 1.81 bits per heavy atom. The van der Waals surface area contributed by atoms with Gasteiger partial charge in [0.2, 0.25) is 0 Å². The maximum absolute atomic E-state index is 12.8. The lowest BCUT2D eigenvalue weighted by molar-refractivity contribution is 0.103. The molecule has 0 atom stereocenters. The molecule has 2 heterocycles. The molecule has 21 heavy (non-hydrogen) atoms. The van der Waals surface area contributed by atoms with Crippen molar-refractivity contribution in [2.24, 2.45) is 0 Å². The van der Waals surface area contributed by atoms with E-state index in [2.05, 4.69) is 15.9 Å². The third-order valence-corrected chi connectivity index (χ3v) is 4.40. The average molecular weight is 345 g/mol. The van der Waals surface area contributed by atoms with Crippen LogP contribution in [0, 0.1) is 0 Å². The van der Waals surface area contributed by atoms with Crippen LogP contribution in [-0.4, -0.2) is 19.0 Å². The number of fused-ring (bicyclic) bond motifs is 2. The Hall–Kier alpha value is -1.81. The highest BCUT2D eigenvalue weighted by Gasteiger charge is 2.24. The smallest absolute Gasteiger partial charge is 0.196 e. The fourth-order valence-corrected chi connectivity index (χ4v) is 3.43. The molecule has 4 heteroatoms. The van der Waals surface area contributed by atoms with Crippen LogP contribution in [0.5, 0.6) is 11.5 Å². The van der Waals surface area contributed by atoms with Crippen LogP contribution >= 0.6 is 15.9 Å². The Morgan fingerprint density at radius 3 is 2.71 bits per heavy atom. The molecular formula is C17H13BrO3. The van der Waals surface area contributed by atoms with Gasteiger partial charge in [-0.05, 0) is 41.5 Å². The molecule has 0 spiro atoms. The molecule has 0 N–H and O–H groups in total. The van der Waals surface area contributed by atoms with E-state index >= 15 is 0 Å². The van der Waals surface area contributed by atoms with Crippen molar-refractivity contribution in [2.45, 2.75) is 12.8 Å². The molecule has 2 aliphatic heterocycles. The first-order valence-corrected chi connectivity index (χ1v) is 7.77. The standard InChI is InChI=1S/C17H13BrO3/c18-13-8-12-4-6-21-17(12)14(9-13)16(19)11-1-2-15-10(7-11)3-5-20-15/h1-2,7-9H,3-6H2. The van der Waals surface area contributed by atoms with Crippen molar-refractivity contribution in [1.82, 2.24) is 0 Å². The van der Waals surface area contributed by atoms with E-state index < -0.39 is 0 Å². The van der Waals surface area contributed by atoms with Crippen LogP contribution in [-0.2, 0) is 12.8 Å². The Bertz CT molecular complexity index is 752. The van der Waals surface area contributed by atoms with Gasteiger partial charge in [0, 0.05) is 22.9 Å². The van der Waals surface area contributed by atoms with Crippen molar-refractivity contribution in [1.29, 1.82) is 0 Å². The first kappa shape index (κ1) is 12.9. The van der Waals surface area contributed by atoms with Crippen LogP contribution in [0.2, 0.25) is 0 Å². The van der Waals surface area contributed by atoms with Gasteiger partial charge in [-0.25, -0.2) is 0 Å². The van der Waals surface area contributed by atoms with E-state index in [1.165, 1.54) is 0 Å². The molecule has 0 bridgehead atoms. The highest BCUT2D eigenvalue weighted by atomic mass is 79.9. The summed E-state index contributed by atoms with van der Waals surface area (Å²) < 4.78 is 12.1. The molecule has 0 saturated heterocycles. The van der Waals surface area contributed by atoms with E-state index in [1.807, 2.05) is 30.3 Å². The molecule has 0 fully saturated rings. The van der Waals surface area contributed by atoms with Gasteiger partial charge in [-0.3, -0.25) is 4.79 Å². The summed E-state index contributed by atoms with van der Waals surface area (Å²) in [6.07, 6.45) is 1.72. The maximum Gasteiger partial charge on any atom is 0.196 e. The SMILES string of the molecule is O=C(c1ccc2c(c1)CCO2)c1cc(Br)cc2c1OCC2. The van der Waals surface area contributed by atoms with E-state index in [9.17, 15) is 4.79 Å². The van der Waals surface area contributed by atoms with Crippen LogP contribution in [0.1, 0.15) is 27.0 Å². The molecule has 0 aliphatic carbocycles. The number of hydrogen-bond acceptors (Lipinski definition) is 3. The van der Waals surface area contributed by atoms with E-state index in [1.54, 1.807) is 0 Å². The number of benzene rings is 2. The third-order valence-electron chi connectivity index (χ3n) is 3.94. The molecule has 2 aromatic rings. The number of ketones is 1. The van der Waals surface area contributed by atoms with E-state index in [-0.39, 0.29) is 5.78 Å². The van der Waals surface area contributed by atoms with Crippen molar-refractivity contribution < 1.29 is 14.3 Å². The lowest BCUT2D eigenvalue weighted by Gasteiger charge is -2.09. The Kier molecular flexibility index (Phi) is 3.00. The summed E-state index contributed by atoms with van der Waals surface area (Å²) in [5.74, 6) is 1.63. The Morgan fingerprint density at radius 1 is 1.00 bits per heavy atom. The number of ether oxygens (including phenoxy) is 2. The fourth-order valence-electron chi connectivity index (χ4n) is 2.92. The van der Waals surface area contributed by atoms with E-state index in [4.69, 9.17) is 9.47 Å². The Balaban J connectivity index is 1.79. The summed E-state index contributed by atoms with van der Waals surface area (Å²) in [6, 6.07) is 9.52. The van der Waals surface area contributed by atoms with E-state index in [0.29, 0.717) is 24.3 Å². The zero-order valence-electron chi connectivity index (χ0n) is 11.3. The number of hydrogen-bond donors (Lipinski definition) is 0. The summed E-state index contributed by atoms with van der Waals surface area (Å²) in [5, 5.41) is 0. The Labute approximate surface area is 131 Å². The summed E-state index contributed by atoms with van der Waals surface area (Å²) in [7, 11) is 0. The molecule has 0 aromatic heterocycles. The number of carbonyl (C=O) groups excluding carboxylic acids is 1. The van der Waals surface area contributed by atoms with Crippen LogP contribution in [0.3, 0.4) is 0 Å². The van der Waals surface area contributed by atoms with Gasteiger partial charge >= 0.3 is 0 Å². The summed E-state index contributed by atoms with van der Waals surface area (Å²) >= 11 is 3.48. The van der Waals surface area contributed by atoms with Gasteiger partial charge in [0.05, 0.1) is 18.8 Å². The second kappa shape index (κ2) is 4.88. The minimum absolute atomic E-state index is 0.00384. The van der Waals surface area contributed by atoms with Crippen molar-refractivity contribution in [3.05, 3.63) is 57.1 Å². The molecule has 3 nitrogen and oxygen atoms in total. The summed E-state index contributed by atoms with van der Waals surface area (Å²) in [6.45, 7) is 1.34. The third kappa shape index (κ3) is 2.14. The van der Waals surface area contributed by atoms with Crippen molar-refractivity contribution in [2.75, 3.05) is 13.2 Å². The van der Waals surface area contributed by atoms with Crippen LogP contribution < -0.4 is 9.47 Å². The molecule has 4 rings (SSSR count). The molecule has 0 amide bonds. The largest absolute Gasteiger partial charge is 0.493 e. The van der Waals surface area contributed by atoms with Crippen molar-refractivity contribution >= 4 is 21.7 Å². The van der Waals surface area contributed by atoms with Gasteiger partial charge in [-0.15, -0.1) is 0 Å². The van der Waals surface area contributed by atoms with Gasteiger partial charge in [0.15, 0.2) is 5.78 Å². The minimum atomic E-state index is 0.00384. The molecule has 0 radical (unpaired) electrons. The van der Waals surface area contributed by atoms with Crippen molar-refractivity contribution in [3.63, 3.8) is 0 Å². The predicted octanol–water partition coefficient (Wildman–Crippen LogP) is 3.55. The fraction of sp³-hybridized carbons (Fsp3) is 0.235. The minimum Gasteiger partial charge on any atom is -0.493 e. The number of halogens is 1. The lowest BCUT2D eigenvalue weighted by atomic mass is 9.98. The molecule has 2 aliphatic rings. The highest BCUT2D eigenvalue weighted by molar-refractivity contribution is 9.10. The quantitative estimate of drug-likeness (QED) is 0.781. The summed E-state index contributed by atoms with van der Waals surface area (Å²) in [5.41, 5.74) is 3.52. The normalized spacial score (nSPS) is 15.1. The van der Waals surface area contributed by atoms with Crippen LogP contribution in [0.25, 0.3) is 0 Å². The second-order valence-corrected chi connectivity index (χ2v) is 6.21. The lowest BCUT2D eigenvalue weighted by Crippen LogP contribution is -2.04. The zero-order valence-corrected chi connectivity index (χ0v) is 12.9. The van der Waals surface area contributed by atoms with Crippen LogP contribution in [0.15, 0.2) is 34.8 Å². The number of rotatable bonds is 2. The second-order valence-electron chi connectivity index (χ2n) is 5.29. The molecular weight excluding hydrogens is 332 g/mol. The van der Waals surface area contributed by atoms with Gasteiger partial charge < -0.3 is 9.47 Å². The van der Waals surface area contributed by atoms with Gasteiger partial charge in [-0.2, -0.15) is 0 Å². The molecule has 2 aromatic carbocycles. The van der Waals surface area contributed by atoms with Gasteiger partial charge in [0.1, 0.15) is 11.5 Å².